The maximum Gasteiger partial charge on any atom is 0.0450 e. The van der Waals surface area contributed by atoms with E-state index in [1.165, 1.54) is 36.2 Å². The average molecular weight is 252 g/mol. The van der Waals surface area contributed by atoms with E-state index < -0.39 is 0 Å². The van der Waals surface area contributed by atoms with Crippen molar-refractivity contribution in [2.45, 2.75) is 25.2 Å². The van der Waals surface area contributed by atoms with E-state index in [-0.39, 0.29) is 0 Å². The summed E-state index contributed by atoms with van der Waals surface area (Å²) < 4.78 is 0. The van der Waals surface area contributed by atoms with Gasteiger partial charge in [0.1, 0.15) is 0 Å². The van der Waals surface area contributed by atoms with E-state index in [2.05, 4.69) is 52.8 Å². The fourth-order valence-corrected chi connectivity index (χ4v) is 2.79. The van der Waals surface area contributed by atoms with Crippen LogP contribution in [-0.2, 0) is 6.42 Å². The highest BCUT2D eigenvalue weighted by Gasteiger charge is 2.15. The minimum Gasteiger partial charge on any atom is -0.316 e. The molecule has 3 rings (SSSR count). The second-order valence-electron chi connectivity index (χ2n) is 5.29. The summed E-state index contributed by atoms with van der Waals surface area (Å²) in [5.74, 6) is 0.659. The molecule has 0 saturated carbocycles. The van der Waals surface area contributed by atoms with E-state index in [0.29, 0.717) is 5.92 Å². The zero-order valence-corrected chi connectivity index (χ0v) is 11.2. The molecule has 1 aliphatic rings. The van der Waals surface area contributed by atoms with Crippen LogP contribution in [-0.4, -0.2) is 18.1 Å². The van der Waals surface area contributed by atoms with Crippen molar-refractivity contribution in [3.05, 3.63) is 65.5 Å². The fourth-order valence-electron chi connectivity index (χ4n) is 2.79. The number of hydrogen-bond acceptors (Lipinski definition) is 2. The summed E-state index contributed by atoms with van der Waals surface area (Å²) in [4.78, 5) is 4.51. The summed E-state index contributed by atoms with van der Waals surface area (Å²) in [5, 5.41) is 3.48. The van der Waals surface area contributed by atoms with Gasteiger partial charge in [0, 0.05) is 24.9 Å². The van der Waals surface area contributed by atoms with Gasteiger partial charge in [0.25, 0.3) is 0 Å². The molecular weight excluding hydrogens is 232 g/mol. The van der Waals surface area contributed by atoms with Crippen molar-refractivity contribution in [2.24, 2.45) is 0 Å². The van der Waals surface area contributed by atoms with Gasteiger partial charge in [-0.25, -0.2) is 0 Å². The molecule has 2 aromatic rings. The van der Waals surface area contributed by atoms with Crippen LogP contribution in [0.5, 0.6) is 0 Å². The SMILES string of the molecule is c1ccc(Cc2cc(C3CCCNC3)ccn2)cc1. The Morgan fingerprint density at radius 3 is 2.84 bits per heavy atom. The van der Waals surface area contributed by atoms with Crippen molar-refractivity contribution in [3.8, 4) is 0 Å². The Balaban J connectivity index is 1.76. The van der Waals surface area contributed by atoms with Gasteiger partial charge in [-0.2, -0.15) is 0 Å². The second-order valence-corrected chi connectivity index (χ2v) is 5.29. The van der Waals surface area contributed by atoms with Crippen molar-refractivity contribution in [2.75, 3.05) is 13.1 Å². The molecule has 2 heteroatoms. The lowest BCUT2D eigenvalue weighted by Crippen LogP contribution is -2.28. The predicted octanol–water partition coefficient (Wildman–Crippen LogP) is 3.14. The van der Waals surface area contributed by atoms with Gasteiger partial charge in [0.15, 0.2) is 0 Å². The van der Waals surface area contributed by atoms with E-state index >= 15 is 0 Å². The normalized spacial score (nSPS) is 19.3. The molecule has 1 aromatic carbocycles. The molecule has 1 atom stereocenters. The van der Waals surface area contributed by atoms with Crippen molar-refractivity contribution in [1.29, 1.82) is 0 Å². The molecule has 0 spiro atoms. The van der Waals surface area contributed by atoms with Gasteiger partial charge in [0.05, 0.1) is 0 Å². The predicted molar refractivity (Wildman–Crippen MR) is 78.3 cm³/mol. The summed E-state index contributed by atoms with van der Waals surface area (Å²) in [6.45, 7) is 2.27. The van der Waals surface area contributed by atoms with E-state index in [4.69, 9.17) is 0 Å². The smallest absolute Gasteiger partial charge is 0.0450 e. The van der Waals surface area contributed by atoms with E-state index in [1.807, 2.05) is 6.20 Å². The molecule has 0 aliphatic carbocycles. The van der Waals surface area contributed by atoms with Gasteiger partial charge >= 0.3 is 0 Å². The Morgan fingerprint density at radius 2 is 2.05 bits per heavy atom. The Labute approximate surface area is 114 Å². The van der Waals surface area contributed by atoms with E-state index in [1.54, 1.807) is 0 Å². The number of nitrogens with zero attached hydrogens (tertiary/aromatic N) is 1. The largest absolute Gasteiger partial charge is 0.316 e. The molecule has 1 saturated heterocycles. The first-order valence-electron chi connectivity index (χ1n) is 7.11. The molecule has 19 heavy (non-hydrogen) atoms. The van der Waals surface area contributed by atoms with Crippen LogP contribution in [0.3, 0.4) is 0 Å². The van der Waals surface area contributed by atoms with Crippen LogP contribution in [0.1, 0.15) is 35.6 Å². The van der Waals surface area contributed by atoms with Gasteiger partial charge in [-0.3, -0.25) is 4.98 Å². The zero-order valence-electron chi connectivity index (χ0n) is 11.2. The first-order chi connectivity index (χ1) is 9.42. The van der Waals surface area contributed by atoms with Gasteiger partial charge < -0.3 is 5.32 Å². The van der Waals surface area contributed by atoms with Crippen molar-refractivity contribution >= 4 is 0 Å². The minimum absolute atomic E-state index is 0.659. The molecule has 0 bridgehead atoms. The average Bonchev–Trinajstić information content (AvgIpc) is 2.49. The molecule has 2 nitrogen and oxygen atoms in total. The lowest BCUT2D eigenvalue weighted by atomic mass is 9.91. The standard InChI is InChI=1S/C17H20N2/c1-2-5-14(6-3-1)11-17-12-15(8-10-19-17)16-7-4-9-18-13-16/h1-3,5-6,8,10,12,16,18H,4,7,9,11,13H2. The number of hydrogen-bond donors (Lipinski definition) is 1. The topological polar surface area (TPSA) is 24.9 Å². The molecule has 2 heterocycles. The second kappa shape index (κ2) is 5.98. The fraction of sp³-hybridized carbons (Fsp3) is 0.353. The molecule has 0 radical (unpaired) electrons. The Morgan fingerprint density at radius 1 is 1.16 bits per heavy atom. The number of rotatable bonds is 3. The van der Waals surface area contributed by atoms with E-state index in [0.717, 1.165) is 13.0 Å². The minimum atomic E-state index is 0.659. The number of piperidine rings is 1. The van der Waals surface area contributed by atoms with Gasteiger partial charge in [-0.05, 0) is 48.6 Å². The van der Waals surface area contributed by atoms with Crippen LogP contribution >= 0.6 is 0 Å². The summed E-state index contributed by atoms with van der Waals surface area (Å²) in [7, 11) is 0. The maximum absolute atomic E-state index is 4.51. The molecule has 1 fully saturated rings. The number of pyridine rings is 1. The molecule has 1 unspecified atom stereocenters. The van der Waals surface area contributed by atoms with Gasteiger partial charge in [-0.1, -0.05) is 30.3 Å². The first-order valence-corrected chi connectivity index (χ1v) is 7.11. The van der Waals surface area contributed by atoms with Gasteiger partial charge in [0.2, 0.25) is 0 Å². The Bertz CT molecular complexity index is 516. The van der Waals surface area contributed by atoms with E-state index in [9.17, 15) is 0 Å². The quantitative estimate of drug-likeness (QED) is 0.907. The summed E-state index contributed by atoms with van der Waals surface area (Å²) in [6.07, 6.45) is 5.46. The highest BCUT2D eigenvalue weighted by molar-refractivity contribution is 5.26. The molecule has 1 aliphatic heterocycles. The van der Waals surface area contributed by atoms with Crippen molar-refractivity contribution < 1.29 is 0 Å². The zero-order chi connectivity index (χ0) is 12.9. The highest BCUT2D eigenvalue weighted by atomic mass is 14.9. The highest BCUT2D eigenvalue weighted by Crippen LogP contribution is 2.23. The monoisotopic (exact) mass is 252 g/mol. The lowest BCUT2D eigenvalue weighted by molar-refractivity contribution is 0.461. The first kappa shape index (κ1) is 12.4. The third-order valence-corrected chi connectivity index (χ3v) is 3.84. The number of aromatic nitrogens is 1. The molecule has 1 N–H and O–H groups in total. The maximum atomic E-state index is 4.51. The summed E-state index contributed by atoms with van der Waals surface area (Å²) >= 11 is 0. The van der Waals surface area contributed by atoms with Gasteiger partial charge in [-0.15, -0.1) is 0 Å². The lowest BCUT2D eigenvalue weighted by Gasteiger charge is -2.23. The molecule has 0 amide bonds. The number of nitrogens with one attached hydrogen (secondary N) is 1. The summed E-state index contributed by atoms with van der Waals surface area (Å²) in [6, 6.07) is 15.0. The third-order valence-electron chi connectivity index (χ3n) is 3.84. The molecule has 1 aromatic heterocycles. The van der Waals surface area contributed by atoms with Crippen LogP contribution in [0, 0.1) is 0 Å². The van der Waals surface area contributed by atoms with Crippen LogP contribution in [0.2, 0.25) is 0 Å². The molecular formula is C17H20N2. The Hall–Kier alpha value is -1.67. The molecule has 98 valence electrons. The third kappa shape index (κ3) is 3.21. The van der Waals surface area contributed by atoms with Crippen LogP contribution in [0.4, 0.5) is 0 Å². The van der Waals surface area contributed by atoms with Crippen LogP contribution in [0.15, 0.2) is 48.7 Å². The van der Waals surface area contributed by atoms with Crippen LogP contribution < -0.4 is 5.32 Å². The Kier molecular flexibility index (Phi) is 3.89. The van der Waals surface area contributed by atoms with Crippen molar-refractivity contribution in [3.63, 3.8) is 0 Å². The van der Waals surface area contributed by atoms with Crippen LogP contribution in [0.25, 0.3) is 0 Å². The summed E-state index contributed by atoms with van der Waals surface area (Å²) in [5.41, 5.74) is 3.94. The number of benzene rings is 1. The van der Waals surface area contributed by atoms with Crippen molar-refractivity contribution in [1.82, 2.24) is 10.3 Å².